The van der Waals surface area contributed by atoms with Crippen LogP contribution in [0.25, 0.3) is 11.0 Å². The minimum absolute atomic E-state index is 0.0206. The van der Waals surface area contributed by atoms with Crippen molar-refractivity contribution in [2.45, 2.75) is 38.2 Å². The number of carbonyl (C=O) groups is 1. The zero-order valence-electron chi connectivity index (χ0n) is 27.2. The fourth-order valence-corrected chi connectivity index (χ4v) is 6.06. The number of nitrogens with one attached hydrogen (secondary N) is 1. The van der Waals surface area contributed by atoms with E-state index >= 15 is 0 Å². The van der Waals surface area contributed by atoms with Crippen molar-refractivity contribution in [3.63, 3.8) is 0 Å². The minimum atomic E-state index is 0.0206. The second-order valence-electron chi connectivity index (χ2n) is 12.0. The molecule has 0 amide bonds. The third-order valence-corrected chi connectivity index (χ3v) is 8.54. The summed E-state index contributed by atoms with van der Waals surface area (Å²) >= 11 is 0. The largest absolute Gasteiger partial charge is 0.497 e. The van der Waals surface area contributed by atoms with E-state index in [-0.39, 0.29) is 11.9 Å². The Morgan fingerprint density at radius 1 is 0.830 bits per heavy atom. The molecule has 0 saturated carbocycles. The Morgan fingerprint density at radius 2 is 1.53 bits per heavy atom. The number of nitrogens with zero attached hydrogens (tertiary/aromatic N) is 3. The van der Waals surface area contributed by atoms with Crippen LogP contribution in [-0.4, -0.2) is 61.1 Å². The van der Waals surface area contributed by atoms with E-state index in [2.05, 4.69) is 46.6 Å². The Kier molecular flexibility index (Phi) is 10.7. The quantitative estimate of drug-likeness (QED) is 0.139. The standard InChI is InChI=1S/C39H42N4O4/c1-45-33-23-31(24-34(25-33)46-2)40-39-37(41-35-15-6-7-16-36(35)42-39)17-9-12-28-10-8-11-29(22-28)18-19-32(44)26-43-20-21-47-38(27-43)30-13-4-3-5-14-30/h3-8,10-11,13-16,22-25,38H,9,12,17-21,26-27H2,1-2H3,(H,40,42). The molecule has 5 aromatic rings. The molecule has 1 atom stereocenters. The second-order valence-corrected chi connectivity index (χ2v) is 12.0. The van der Waals surface area contributed by atoms with Crippen LogP contribution in [0.3, 0.4) is 0 Å². The Balaban J connectivity index is 1.05. The smallest absolute Gasteiger partial charge is 0.152 e. The Morgan fingerprint density at radius 3 is 2.28 bits per heavy atom. The van der Waals surface area contributed by atoms with Gasteiger partial charge in [0.05, 0.1) is 50.2 Å². The van der Waals surface area contributed by atoms with E-state index in [1.807, 2.05) is 60.7 Å². The molecule has 0 bridgehead atoms. The monoisotopic (exact) mass is 630 g/mol. The first kappa shape index (κ1) is 32.2. The van der Waals surface area contributed by atoms with E-state index in [0.29, 0.717) is 31.1 Å². The van der Waals surface area contributed by atoms with E-state index in [0.717, 1.165) is 67.0 Å². The molecule has 0 radical (unpaired) electrons. The van der Waals surface area contributed by atoms with Crippen LogP contribution in [0.1, 0.15) is 41.3 Å². The van der Waals surface area contributed by atoms with Gasteiger partial charge in [0.15, 0.2) is 5.82 Å². The first-order chi connectivity index (χ1) is 23.1. The summed E-state index contributed by atoms with van der Waals surface area (Å²) in [5.74, 6) is 2.39. The van der Waals surface area contributed by atoms with Gasteiger partial charge >= 0.3 is 0 Å². The summed E-state index contributed by atoms with van der Waals surface area (Å²) in [6, 6.07) is 32.5. The van der Waals surface area contributed by atoms with Gasteiger partial charge in [-0.25, -0.2) is 9.97 Å². The van der Waals surface area contributed by atoms with Gasteiger partial charge in [0.25, 0.3) is 0 Å². The van der Waals surface area contributed by atoms with Crippen LogP contribution in [-0.2, 0) is 28.8 Å². The van der Waals surface area contributed by atoms with Crippen molar-refractivity contribution in [2.24, 2.45) is 0 Å². The van der Waals surface area contributed by atoms with Crippen LogP contribution >= 0.6 is 0 Å². The molecular formula is C39H42N4O4. The van der Waals surface area contributed by atoms with Gasteiger partial charge in [0.1, 0.15) is 17.3 Å². The van der Waals surface area contributed by atoms with E-state index in [1.165, 1.54) is 16.7 Å². The van der Waals surface area contributed by atoms with Crippen molar-refractivity contribution in [3.05, 3.63) is 119 Å². The maximum atomic E-state index is 13.0. The normalized spacial score (nSPS) is 15.0. The van der Waals surface area contributed by atoms with Crippen molar-refractivity contribution < 1.29 is 19.0 Å². The average molecular weight is 631 g/mol. The molecule has 47 heavy (non-hydrogen) atoms. The van der Waals surface area contributed by atoms with Crippen molar-refractivity contribution in [3.8, 4) is 11.5 Å². The highest BCUT2D eigenvalue weighted by Crippen LogP contribution is 2.30. The topological polar surface area (TPSA) is 85.8 Å². The molecule has 1 fully saturated rings. The summed E-state index contributed by atoms with van der Waals surface area (Å²) in [5.41, 5.74) is 7.05. The SMILES string of the molecule is COc1cc(Nc2nc3ccccc3nc2CCCc2cccc(CCC(=O)CN3CCOC(c4ccccc4)C3)c2)cc(OC)c1. The van der Waals surface area contributed by atoms with E-state index in [1.54, 1.807) is 14.2 Å². The fourth-order valence-electron chi connectivity index (χ4n) is 6.06. The minimum Gasteiger partial charge on any atom is -0.497 e. The molecule has 8 nitrogen and oxygen atoms in total. The van der Waals surface area contributed by atoms with Crippen molar-refractivity contribution >= 4 is 28.3 Å². The summed E-state index contributed by atoms with van der Waals surface area (Å²) in [7, 11) is 3.28. The fraction of sp³-hybridized carbons (Fsp3) is 0.308. The number of fused-ring (bicyclic) bond motifs is 1. The highest BCUT2D eigenvalue weighted by molar-refractivity contribution is 5.80. The molecule has 1 aliphatic heterocycles. The highest BCUT2D eigenvalue weighted by Gasteiger charge is 2.23. The summed E-state index contributed by atoms with van der Waals surface area (Å²) in [6.45, 7) is 2.65. The molecule has 1 aliphatic rings. The molecule has 1 N–H and O–H groups in total. The lowest BCUT2D eigenvalue weighted by Crippen LogP contribution is -2.41. The van der Waals surface area contributed by atoms with Crippen LogP contribution in [0.15, 0.2) is 97.1 Å². The number of Topliss-reactive ketones (excluding diaryl/α,β-unsaturated/α-hetero) is 1. The molecule has 6 rings (SSSR count). The van der Waals surface area contributed by atoms with Crippen LogP contribution in [0.2, 0.25) is 0 Å². The van der Waals surface area contributed by atoms with Crippen molar-refractivity contribution in [1.82, 2.24) is 14.9 Å². The first-order valence-corrected chi connectivity index (χ1v) is 16.3. The third kappa shape index (κ3) is 8.73. The molecule has 8 heteroatoms. The van der Waals surface area contributed by atoms with Gasteiger partial charge in [-0.15, -0.1) is 0 Å². The molecule has 0 spiro atoms. The number of aromatic nitrogens is 2. The van der Waals surface area contributed by atoms with E-state index < -0.39 is 0 Å². The van der Waals surface area contributed by atoms with Crippen LogP contribution in [0.5, 0.6) is 11.5 Å². The molecular weight excluding hydrogens is 588 g/mol. The van der Waals surface area contributed by atoms with Crippen molar-refractivity contribution in [2.75, 3.05) is 45.8 Å². The Labute approximate surface area is 276 Å². The predicted octanol–water partition coefficient (Wildman–Crippen LogP) is 7.14. The van der Waals surface area contributed by atoms with Crippen LogP contribution in [0, 0.1) is 0 Å². The number of ether oxygens (including phenoxy) is 3. The van der Waals surface area contributed by atoms with E-state index in [4.69, 9.17) is 24.2 Å². The number of para-hydroxylation sites is 2. The van der Waals surface area contributed by atoms with Gasteiger partial charge in [0.2, 0.25) is 0 Å². The number of hydrogen-bond acceptors (Lipinski definition) is 8. The lowest BCUT2D eigenvalue weighted by Gasteiger charge is -2.32. The summed E-state index contributed by atoms with van der Waals surface area (Å²) in [4.78, 5) is 25.1. The summed E-state index contributed by atoms with van der Waals surface area (Å²) in [5, 5.41) is 3.46. The molecule has 1 saturated heterocycles. The number of benzene rings is 4. The lowest BCUT2D eigenvalue weighted by molar-refractivity contribution is -0.122. The number of rotatable bonds is 14. The molecule has 2 heterocycles. The zero-order valence-corrected chi connectivity index (χ0v) is 27.2. The maximum Gasteiger partial charge on any atom is 0.152 e. The number of anilines is 2. The molecule has 0 aliphatic carbocycles. The number of methoxy groups -OCH3 is 2. The first-order valence-electron chi connectivity index (χ1n) is 16.3. The van der Waals surface area contributed by atoms with Crippen LogP contribution in [0.4, 0.5) is 11.5 Å². The van der Waals surface area contributed by atoms with Gasteiger partial charge in [-0.2, -0.15) is 0 Å². The Bertz CT molecular complexity index is 1770. The lowest BCUT2D eigenvalue weighted by atomic mass is 10.0. The molecule has 4 aromatic carbocycles. The highest BCUT2D eigenvalue weighted by atomic mass is 16.5. The van der Waals surface area contributed by atoms with Gasteiger partial charge in [0, 0.05) is 43.4 Å². The summed E-state index contributed by atoms with van der Waals surface area (Å²) in [6.07, 6.45) is 3.86. The van der Waals surface area contributed by atoms with E-state index in [9.17, 15) is 4.79 Å². The molecule has 1 aromatic heterocycles. The molecule has 242 valence electrons. The number of carbonyl (C=O) groups excluding carboxylic acids is 1. The predicted molar refractivity (Wildman–Crippen MR) is 186 cm³/mol. The third-order valence-electron chi connectivity index (χ3n) is 8.54. The Hall–Kier alpha value is -4.79. The number of hydrogen-bond donors (Lipinski definition) is 1. The number of ketones is 1. The van der Waals surface area contributed by atoms with Gasteiger partial charge < -0.3 is 19.5 Å². The zero-order chi connectivity index (χ0) is 32.4. The van der Waals surface area contributed by atoms with Gasteiger partial charge in [-0.05, 0) is 54.5 Å². The molecule has 1 unspecified atom stereocenters. The van der Waals surface area contributed by atoms with Crippen molar-refractivity contribution in [1.29, 1.82) is 0 Å². The van der Waals surface area contributed by atoms with Gasteiger partial charge in [-0.1, -0.05) is 66.7 Å². The van der Waals surface area contributed by atoms with Crippen LogP contribution < -0.4 is 14.8 Å². The number of morpholine rings is 1. The summed E-state index contributed by atoms with van der Waals surface area (Å²) < 4.78 is 16.9. The van der Waals surface area contributed by atoms with Gasteiger partial charge in [-0.3, -0.25) is 9.69 Å². The number of aryl methyl sites for hydroxylation is 3. The average Bonchev–Trinajstić information content (AvgIpc) is 3.11. The maximum absolute atomic E-state index is 13.0. The second kappa shape index (κ2) is 15.7.